The second kappa shape index (κ2) is 31.0. The van der Waals surface area contributed by atoms with Crippen LogP contribution in [-0.4, -0.2) is 174 Å². The number of aliphatic carboxylic acids is 2. The van der Waals surface area contributed by atoms with Crippen LogP contribution in [0.5, 0.6) is 0 Å². The van der Waals surface area contributed by atoms with Crippen LogP contribution in [-0.2, 0) is 43.2 Å². The Hall–Kier alpha value is -5.01. The third-order valence-electron chi connectivity index (χ3n) is 10.2. The predicted molar refractivity (Wildman–Crippen MR) is 225 cm³/mol. The van der Waals surface area contributed by atoms with Gasteiger partial charge in [0.25, 0.3) is 0 Å². The Morgan fingerprint density at radius 2 is 0.875 bits per heavy atom. The topological polar surface area (TPSA) is 400 Å². The van der Waals surface area contributed by atoms with Gasteiger partial charge in [-0.05, 0) is 34.1 Å². The van der Waals surface area contributed by atoms with Gasteiger partial charge in [-0.1, -0.05) is 71.1 Å². The second-order valence-electron chi connectivity index (χ2n) is 16.0. The molecule has 10 atom stereocenters. The number of aliphatic hydroxyl groups is 6. The van der Waals surface area contributed by atoms with E-state index in [1.54, 1.807) is 0 Å². The summed E-state index contributed by atoms with van der Waals surface area (Å²) in [6.45, 7) is 3.71. The summed E-state index contributed by atoms with van der Waals surface area (Å²) < 4.78 is 0. The number of carboxylic acids is 2. The molecule has 7 amide bonds. The van der Waals surface area contributed by atoms with Crippen molar-refractivity contribution >= 4 is 53.3 Å². The van der Waals surface area contributed by atoms with Crippen molar-refractivity contribution in [3.05, 3.63) is 0 Å². The van der Waals surface area contributed by atoms with E-state index >= 15 is 0 Å². The Morgan fingerprint density at radius 3 is 1.30 bits per heavy atom. The molecular formula is C40H71N7O17. The lowest BCUT2D eigenvalue weighted by Crippen LogP contribution is -2.61. The van der Waals surface area contributed by atoms with E-state index in [9.17, 15) is 78.9 Å². The minimum absolute atomic E-state index is 0.215. The fraction of sp³-hybridized carbons (Fsp3) is 0.775. The molecule has 0 aliphatic rings. The maximum atomic E-state index is 13.1. The number of hydrogen-bond acceptors (Lipinski definition) is 15. The van der Waals surface area contributed by atoms with Gasteiger partial charge < -0.3 is 78.1 Å². The molecule has 0 radical (unpaired) electrons. The molecule has 0 fully saturated rings. The van der Waals surface area contributed by atoms with Crippen molar-refractivity contribution in [1.82, 2.24) is 37.2 Å². The molecule has 64 heavy (non-hydrogen) atoms. The van der Waals surface area contributed by atoms with E-state index in [0.29, 0.717) is 6.42 Å². The van der Waals surface area contributed by atoms with Crippen molar-refractivity contribution in [2.75, 3.05) is 19.8 Å². The highest BCUT2D eigenvalue weighted by Crippen LogP contribution is 2.22. The number of aliphatic hydroxyl groups excluding tert-OH is 5. The number of carbonyl (C=O) groups is 9. The van der Waals surface area contributed by atoms with Crippen LogP contribution in [0.25, 0.3) is 0 Å². The summed E-state index contributed by atoms with van der Waals surface area (Å²) in [6.07, 6.45) is 6.15. The minimum Gasteiger partial charge on any atom is -0.481 e. The van der Waals surface area contributed by atoms with Crippen LogP contribution in [0, 0.1) is 0 Å². The Morgan fingerprint density at radius 1 is 0.500 bits per heavy atom. The average molecular weight is 922 g/mol. The largest absolute Gasteiger partial charge is 0.481 e. The van der Waals surface area contributed by atoms with E-state index in [1.165, 1.54) is 39.0 Å². The van der Waals surface area contributed by atoms with Crippen molar-refractivity contribution < 1.29 is 84.0 Å². The molecule has 24 heteroatoms. The molecule has 0 aromatic heterocycles. The summed E-state index contributed by atoms with van der Waals surface area (Å²) in [4.78, 5) is 112. The first-order chi connectivity index (χ1) is 29.9. The molecule has 368 valence electrons. The van der Waals surface area contributed by atoms with Crippen LogP contribution in [0.3, 0.4) is 0 Å². The zero-order valence-corrected chi connectivity index (χ0v) is 37.3. The van der Waals surface area contributed by atoms with Crippen molar-refractivity contribution in [2.45, 2.75) is 178 Å². The first-order valence-corrected chi connectivity index (χ1v) is 21.4. The van der Waals surface area contributed by atoms with Crippen molar-refractivity contribution in [3.8, 4) is 0 Å². The van der Waals surface area contributed by atoms with E-state index in [0.717, 1.165) is 46.5 Å². The van der Waals surface area contributed by atoms with Crippen LogP contribution >= 0.6 is 0 Å². The predicted octanol–water partition coefficient (Wildman–Crippen LogP) is -3.85. The summed E-state index contributed by atoms with van der Waals surface area (Å²) in [6, 6.07) is -12.0. The molecule has 0 saturated heterocycles. The third-order valence-corrected chi connectivity index (χ3v) is 10.2. The van der Waals surface area contributed by atoms with Gasteiger partial charge in [0.15, 0.2) is 6.04 Å². The van der Waals surface area contributed by atoms with E-state index < -0.39 is 146 Å². The highest BCUT2D eigenvalue weighted by Gasteiger charge is 2.35. The van der Waals surface area contributed by atoms with Gasteiger partial charge in [0.2, 0.25) is 41.4 Å². The fourth-order valence-corrected chi connectivity index (χ4v) is 6.02. The molecule has 0 heterocycles. The molecule has 0 aliphatic heterocycles. The summed E-state index contributed by atoms with van der Waals surface area (Å²) >= 11 is 0. The van der Waals surface area contributed by atoms with Crippen LogP contribution in [0.15, 0.2) is 0 Å². The van der Waals surface area contributed by atoms with Crippen molar-refractivity contribution in [3.63, 3.8) is 0 Å². The zero-order valence-electron chi connectivity index (χ0n) is 37.3. The van der Waals surface area contributed by atoms with Gasteiger partial charge >= 0.3 is 11.9 Å². The second-order valence-corrected chi connectivity index (χ2v) is 16.0. The van der Waals surface area contributed by atoms with Gasteiger partial charge in [0.05, 0.1) is 50.5 Å². The van der Waals surface area contributed by atoms with Crippen LogP contribution in [0.1, 0.15) is 118 Å². The monoisotopic (exact) mass is 921 g/mol. The average Bonchev–Trinajstić information content (AvgIpc) is 3.22. The van der Waals surface area contributed by atoms with E-state index in [4.69, 9.17) is 5.11 Å². The van der Waals surface area contributed by atoms with Crippen molar-refractivity contribution in [2.24, 2.45) is 0 Å². The fourth-order valence-electron chi connectivity index (χ4n) is 6.02. The first kappa shape index (κ1) is 59.0. The van der Waals surface area contributed by atoms with E-state index in [1.807, 2.05) is 10.6 Å². The van der Waals surface area contributed by atoms with Gasteiger partial charge in [-0.3, -0.25) is 38.4 Å². The van der Waals surface area contributed by atoms with Gasteiger partial charge in [-0.2, -0.15) is 0 Å². The molecule has 0 aromatic carbocycles. The Bertz CT molecular complexity index is 1530. The van der Waals surface area contributed by atoms with Gasteiger partial charge in [0.1, 0.15) is 36.3 Å². The molecule has 0 bridgehead atoms. The number of amides is 7. The number of carboxylic acid groups (broad SMARTS) is 2. The Labute approximate surface area is 372 Å². The lowest BCUT2D eigenvalue weighted by atomic mass is 9.90. The molecule has 0 aliphatic carbocycles. The van der Waals surface area contributed by atoms with Crippen LogP contribution in [0.2, 0.25) is 0 Å². The number of carbonyl (C=O) groups excluding carboxylic acids is 7. The van der Waals surface area contributed by atoms with Gasteiger partial charge in [0, 0.05) is 0 Å². The SMILES string of the molecule is CCCCCCCCCCCCC(C)(O)C(O)CC(=O)N[C@@H](CO)C(=O)N[C@@H](C)C(=O)N[C@@H](CC(=O)O)C(=O)N[C@@H](C)C(=O)N[C@@H](CO)C(=O)N[C@@H](CO)C(=O)N[C@H](C(=O)O)[C@@H](C)O. The Kier molecular flexibility index (Phi) is 28.5. The quantitative estimate of drug-likeness (QED) is 0.0275. The maximum Gasteiger partial charge on any atom is 0.328 e. The van der Waals surface area contributed by atoms with Crippen molar-refractivity contribution in [1.29, 1.82) is 0 Å². The normalized spacial score (nSPS) is 16.4. The molecule has 0 saturated carbocycles. The third kappa shape index (κ3) is 23.1. The molecule has 0 spiro atoms. The Balaban J connectivity index is 5.28. The van der Waals surface area contributed by atoms with E-state index in [-0.39, 0.29) is 6.42 Å². The molecule has 15 N–H and O–H groups in total. The van der Waals surface area contributed by atoms with Gasteiger partial charge in [-0.15, -0.1) is 0 Å². The number of unbranched alkanes of at least 4 members (excludes halogenated alkanes) is 9. The smallest absolute Gasteiger partial charge is 0.328 e. The molecule has 0 aromatic rings. The molecule has 0 rings (SSSR count). The van der Waals surface area contributed by atoms with Crippen LogP contribution in [0.4, 0.5) is 0 Å². The summed E-state index contributed by atoms with van der Waals surface area (Å²) in [7, 11) is 0. The van der Waals surface area contributed by atoms with E-state index in [2.05, 4.69) is 33.5 Å². The first-order valence-electron chi connectivity index (χ1n) is 21.4. The summed E-state index contributed by atoms with van der Waals surface area (Å²) in [5.41, 5.74) is -1.62. The maximum absolute atomic E-state index is 13.1. The minimum atomic E-state index is -1.86. The highest BCUT2D eigenvalue weighted by molar-refractivity contribution is 5.98. The summed E-state index contributed by atoms with van der Waals surface area (Å²) in [5.74, 6) is -11.1. The lowest BCUT2D eigenvalue weighted by Gasteiger charge is -2.29. The van der Waals surface area contributed by atoms with Crippen LogP contribution < -0.4 is 37.2 Å². The molecule has 2 unspecified atom stereocenters. The summed E-state index contributed by atoms with van der Waals surface area (Å²) in [5, 5.41) is 93.2. The zero-order chi connectivity index (χ0) is 49.2. The number of rotatable bonds is 34. The molecule has 24 nitrogen and oxygen atoms in total. The number of hydrogen-bond donors (Lipinski definition) is 15. The molecular weight excluding hydrogens is 850 g/mol. The standard InChI is InChI=1S/C40H71N7O17/c1-6-7-8-9-10-11-12-13-14-15-16-40(5,64)29(52)18-30(53)43-26(19-48)36(59)42-22(2)33(56)44-25(17-31(54)55)35(58)41-23(3)34(57)45-27(20-49)37(60)46-28(21-50)38(61)47-32(24(4)51)39(62)63/h22-29,32,48-52,64H,6-21H2,1-5H3,(H,41,58)(H,42,59)(H,43,53)(H,44,56)(H,45,57)(H,46,60)(H,47,61)(H,54,55)(H,62,63)/t22-,23-,24+,25-,26-,27-,28-,29?,32-,40?/m0/s1. The number of nitrogens with one attached hydrogen (secondary N) is 7. The van der Waals surface area contributed by atoms with Gasteiger partial charge in [-0.25, -0.2) is 4.79 Å². The lowest BCUT2D eigenvalue weighted by molar-refractivity contribution is -0.145. The highest BCUT2D eigenvalue weighted by atomic mass is 16.4.